The lowest BCUT2D eigenvalue weighted by Crippen LogP contribution is -2.60. The van der Waals surface area contributed by atoms with Gasteiger partial charge in [-0.15, -0.1) is 0 Å². The van der Waals surface area contributed by atoms with Gasteiger partial charge in [0, 0.05) is 17.6 Å². The van der Waals surface area contributed by atoms with Crippen LogP contribution in [0.25, 0.3) is 22.6 Å². The molecule has 4 aromatic rings. The normalized spacial score (nSPS) is 14.7. The standard InChI is InChI=1S/C23H17ClN4O3S/c1-13(29)27-17-10-6-4-8-15(17)20-21(30)25-23(32-2)26-28(20)22(27)19-12-11-18(31-19)14-7-3-5-9-16(14)24/h3-12,22H,1-2H3/p+1/t22-/m0/s1. The lowest BCUT2D eigenvalue weighted by molar-refractivity contribution is -0.764. The Kier molecular flexibility index (Phi) is 5.11. The number of para-hydroxylation sites is 1. The zero-order valence-corrected chi connectivity index (χ0v) is 18.8. The fourth-order valence-corrected chi connectivity index (χ4v) is 4.55. The highest BCUT2D eigenvalue weighted by Gasteiger charge is 2.46. The number of rotatable bonds is 3. The summed E-state index contributed by atoms with van der Waals surface area (Å²) in [5, 5.41) is 5.61. The second-order valence-electron chi connectivity index (χ2n) is 7.22. The Labute approximate surface area is 192 Å². The Morgan fingerprint density at radius 2 is 1.84 bits per heavy atom. The number of halogens is 1. The number of carbonyl (C=O) groups is 1. The van der Waals surface area contributed by atoms with Crippen LogP contribution in [0.5, 0.6) is 0 Å². The smallest absolute Gasteiger partial charge is 0.325 e. The van der Waals surface area contributed by atoms with Crippen molar-refractivity contribution in [2.24, 2.45) is 0 Å². The number of H-pyrrole nitrogens is 1. The number of hydrogen-bond donors (Lipinski definition) is 1. The van der Waals surface area contributed by atoms with Crippen LogP contribution in [0.1, 0.15) is 18.8 Å². The highest BCUT2D eigenvalue weighted by atomic mass is 35.5. The van der Waals surface area contributed by atoms with Crippen molar-refractivity contribution in [3.8, 4) is 22.6 Å². The number of hydrogen-bond acceptors (Lipinski definition) is 5. The summed E-state index contributed by atoms with van der Waals surface area (Å²) >= 11 is 7.66. The molecule has 160 valence electrons. The zero-order valence-electron chi connectivity index (χ0n) is 17.2. The number of aromatic amines is 1. The number of aromatic nitrogens is 3. The van der Waals surface area contributed by atoms with Crippen molar-refractivity contribution in [2.45, 2.75) is 18.2 Å². The summed E-state index contributed by atoms with van der Waals surface area (Å²) in [6, 6.07) is 18.2. The zero-order chi connectivity index (χ0) is 22.4. The number of nitrogens with one attached hydrogen (secondary N) is 1. The molecule has 0 unspecified atom stereocenters. The molecule has 0 saturated heterocycles. The third-order valence-electron chi connectivity index (χ3n) is 5.31. The van der Waals surface area contributed by atoms with Gasteiger partial charge in [-0.25, -0.2) is 4.90 Å². The molecule has 0 radical (unpaired) electrons. The molecule has 2 aromatic heterocycles. The lowest BCUT2D eigenvalue weighted by atomic mass is 10.0. The van der Waals surface area contributed by atoms with Crippen LogP contribution in [0.2, 0.25) is 5.02 Å². The van der Waals surface area contributed by atoms with Crippen LogP contribution in [0, 0.1) is 0 Å². The van der Waals surface area contributed by atoms with E-state index in [-0.39, 0.29) is 11.5 Å². The molecule has 9 heteroatoms. The summed E-state index contributed by atoms with van der Waals surface area (Å²) in [5.41, 5.74) is 2.04. The first-order valence-electron chi connectivity index (χ1n) is 9.83. The van der Waals surface area contributed by atoms with Crippen molar-refractivity contribution in [3.63, 3.8) is 0 Å². The number of fused-ring (bicyclic) bond motifs is 3. The summed E-state index contributed by atoms with van der Waals surface area (Å²) in [5.74, 6) is 0.815. The first kappa shape index (κ1) is 20.5. The SMILES string of the molecule is CSc1n[n+]2c(c(=O)[nH]1)-c1ccccc1N(C(C)=O)[C@@H]2c1ccc(-c2ccccc2Cl)o1. The number of carbonyl (C=O) groups excluding carboxylic acids is 1. The van der Waals surface area contributed by atoms with Crippen LogP contribution in [-0.4, -0.2) is 22.2 Å². The number of benzene rings is 2. The Hall–Kier alpha value is -3.36. The molecular weight excluding hydrogens is 448 g/mol. The maximum atomic E-state index is 13.0. The van der Waals surface area contributed by atoms with Gasteiger partial charge in [-0.3, -0.25) is 14.6 Å². The van der Waals surface area contributed by atoms with E-state index in [2.05, 4.69) is 10.1 Å². The summed E-state index contributed by atoms with van der Waals surface area (Å²) in [6.07, 6.45) is 1.05. The summed E-state index contributed by atoms with van der Waals surface area (Å²) in [7, 11) is 0. The van der Waals surface area contributed by atoms with E-state index in [9.17, 15) is 9.59 Å². The molecule has 0 fully saturated rings. The van der Waals surface area contributed by atoms with E-state index in [4.69, 9.17) is 16.0 Å². The van der Waals surface area contributed by atoms with Crippen LogP contribution < -0.4 is 15.1 Å². The lowest BCUT2D eigenvalue weighted by Gasteiger charge is -2.29. The van der Waals surface area contributed by atoms with Crippen LogP contribution in [0.15, 0.2) is 75.0 Å². The van der Waals surface area contributed by atoms with Gasteiger partial charge in [-0.1, -0.05) is 47.6 Å². The van der Waals surface area contributed by atoms with Gasteiger partial charge in [0.15, 0.2) is 5.76 Å². The van der Waals surface area contributed by atoms with Crippen LogP contribution in [-0.2, 0) is 4.79 Å². The van der Waals surface area contributed by atoms with Gasteiger partial charge in [0.25, 0.3) is 0 Å². The molecule has 1 amide bonds. The fourth-order valence-electron chi connectivity index (χ4n) is 3.96. The van der Waals surface area contributed by atoms with Crippen molar-refractivity contribution in [2.75, 3.05) is 11.2 Å². The third-order valence-corrected chi connectivity index (χ3v) is 6.21. The van der Waals surface area contributed by atoms with Crippen molar-refractivity contribution in [3.05, 3.63) is 81.8 Å². The summed E-state index contributed by atoms with van der Waals surface area (Å²) in [4.78, 5) is 30.3. The number of nitrogens with zero attached hydrogens (tertiary/aromatic N) is 3. The van der Waals surface area contributed by atoms with E-state index in [0.29, 0.717) is 38.6 Å². The van der Waals surface area contributed by atoms with E-state index < -0.39 is 6.17 Å². The van der Waals surface area contributed by atoms with E-state index >= 15 is 0 Å². The molecule has 1 aliphatic heterocycles. The minimum atomic E-state index is -0.776. The molecule has 7 nitrogen and oxygen atoms in total. The van der Waals surface area contributed by atoms with Gasteiger partial charge in [-0.05, 0) is 47.3 Å². The van der Waals surface area contributed by atoms with E-state index in [1.165, 1.54) is 18.7 Å². The largest absolute Gasteiger partial charge is 0.452 e. The molecule has 2 aromatic carbocycles. The second kappa shape index (κ2) is 7.96. The molecule has 1 N–H and O–H groups in total. The molecule has 5 rings (SSSR count). The number of furan rings is 1. The molecule has 32 heavy (non-hydrogen) atoms. The summed E-state index contributed by atoms with van der Waals surface area (Å²) in [6.45, 7) is 1.48. The first-order valence-corrected chi connectivity index (χ1v) is 11.4. The molecule has 0 aliphatic carbocycles. The quantitative estimate of drug-likeness (QED) is 0.361. The topological polar surface area (TPSA) is 83.1 Å². The third kappa shape index (κ3) is 3.23. The highest BCUT2D eigenvalue weighted by molar-refractivity contribution is 7.98. The fraction of sp³-hybridized carbons (Fsp3) is 0.130. The van der Waals surface area contributed by atoms with Gasteiger partial charge in [0.1, 0.15) is 5.76 Å². The van der Waals surface area contributed by atoms with Crippen molar-refractivity contribution in [1.29, 1.82) is 0 Å². The Morgan fingerprint density at radius 3 is 2.56 bits per heavy atom. The van der Waals surface area contributed by atoms with Gasteiger partial charge in [0.05, 0.1) is 16.3 Å². The molecule has 0 bridgehead atoms. The average Bonchev–Trinajstić information content (AvgIpc) is 3.27. The van der Waals surface area contributed by atoms with Crippen molar-refractivity contribution < 1.29 is 13.9 Å². The monoisotopic (exact) mass is 465 g/mol. The van der Waals surface area contributed by atoms with E-state index in [1.807, 2.05) is 42.7 Å². The van der Waals surface area contributed by atoms with Crippen LogP contribution in [0.3, 0.4) is 0 Å². The highest BCUT2D eigenvalue weighted by Crippen LogP contribution is 2.39. The predicted molar refractivity (Wildman–Crippen MR) is 123 cm³/mol. The summed E-state index contributed by atoms with van der Waals surface area (Å²) < 4.78 is 7.76. The maximum absolute atomic E-state index is 13.0. The second-order valence-corrected chi connectivity index (χ2v) is 8.42. The molecule has 1 atom stereocenters. The number of thioether (sulfide) groups is 1. The molecule has 0 spiro atoms. The molecule has 1 aliphatic rings. The van der Waals surface area contributed by atoms with Gasteiger partial charge < -0.3 is 4.42 Å². The van der Waals surface area contributed by atoms with Crippen LogP contribution in [0.4, 0.5) is 5.69 Å². The minimum Gasteiger partial charge on any atom is -0.452 e. The minimum absolute atomic E-state index is 0.205. The Morgan fingerprint density at radius 1 is 1.12 bits per heavy atom. The van der Waals surface area contributed by atoms with Gasteiger partial charge in [0.2, 0.25) is 11.1 Å². The average molecular weight is 466 g/mol. The van der Waals surface area contributed by atoms with E-state index in [1.54, 1.807) is 33.8 Å². The predicted octanol–water partition coefficient (Wildman–Crippen LogP) is 4.27. The number of amides is 1. The number of anilines is 1. The Bertz CT molecular complexity index is 1410. The van der Waals surface area contributed by atoms with Gasteiger partial charge >= 0.3 is 17.4 Å². The molecule has 3 heterocycles. The maximum Gasteiger partial charge on any atom is 0.325 e. The molecular formula is C23H18ClN4O3S+. The first-order chi connectivity index (χ1) is 15.5. The van der Waals surface area contributed by atoms with Crippen molar-refractivity contribution in [1.82, 2.24) is 10.1 Å². The molecule has 0 saturated carbocycles. The Balaban J connectivity index is 1.77. The van der Waals surface area contributed by atoms with Crippen molar-refractivity contribution >= 4 is 35.0 Å². The van der Waals surface area contributed by atoms with Crippen LogP contribution >= 0.6 is 23.4 Å². The van der Waals surface area contributed by atoms with E-state index in [0.717, 1.165) is 5.56 Å². The van der Waals surface area contributed by atoms with Gasteiger partial charge in [-0.2, -0.15) is 0 Å².